The number of amides is 2. The fourth-order valence-electron chi connectivity index (χ4n) is 3.65. The summed E-state index contributed by atoms with van der Waals surface area (Å²) >= 11 is 0. The number of sulfonamides is 1. The summed E-state index contributed by atoms with van der Waals surface area (Å²) in [5.41, 5.74) is 1.98. The van der Waals surface area contributed by atoms with E-state index in [-0.39, 0.29) is 24.8 Å². The molecule has 0 radical (unpaired) electrons. The lowest BCUT2D eigenvalue weighted by Gasteiger charge is -2.36. The molecular formula is C19H27N3O5S. The predicted molar refractivity (Wildman–Crippen MR) is 103 cm³/mol. The van der Waals surface area contributed by atoms with Gasteiger partial charge in [0.25, 0.3) is 0 Å². The molecule has 2 fully saturated rings. The van der Waals surface area contributed by atoms with Crippen molar-refractivity contribution in [2.45, 2.75) is 31.2 Å². The van der Waals surface area contributed by atoms with Gasteiger partial charge in [-0.2, -0.15) is 4.31 Å². The number of piperazine rings is 1. The lowest BCUT2D eigenvalue weighted by molar-refractivity contribution is -0.140. The van der Waals surface area contributed by atoms with Crippen molar-refractivity contribution < 1.29 is 22.7 Å². The van der Waals surface area contributed by atoms with E-state index in [0.717, 1.165) is 11.1 Å². The van der Waals surface area contributed by atoms with E-state index in [2.05, 4.69) is 0 Å². The van der Waals surface area contributed by atoms with Gasteiger partial charge in [-0.1, -0.05) is 6.07 Å². The molecule has 1 atom stereocenters. The van der Waals surface area contributed by atoms with Gasteiger partial charge in [-0.15, -0.1) is 0 Å². The van der Waals surface area contributed by atoms with Crippen LogP contribution in [0.3, 0.4) is 0 Å². The van der Waals surface area contributed by atoms with Gasteiger partial charge < -0.3 is 4.74 Å². The third-order valence-corrected chi connectivity index (χ3v) is 7.46. The molecule has 28 heavy (non-hydrogen) atoms. The minimum Gasteiger partial charge on any atom is -0.383 e. The zero-order valence-corrected chi connectivity index (χ0v) is 17.4. The van der Waals surface area contributed by atoms with Gasteiger partial charge in [-0.05, 0) is 37.1 Å². The van der Waals surface area contributed by atoms with E-state index in [9.17, 15) is 18.0 Å². The summed E-state index contributed by atoms with van der Waals surface area (Å²) in [5, 5.41) is 0. The molecule has 8 nitrogen and oxygen atoms in total. The molecule has 0 unspecified atom stereocenters. The molecule has 0 spiro atoms. The quantitative estimate of drug-likeness (QED) is 0.632. The molecule has 0 N–H and O–H groups in total. The van der Waals surface area contributed by atoms with E-state index in [1.54, 1.807) is 12.1 Å². The predicted octanol–water partition coefficient (Wildman–Crippen LogP) is 0.384. The zero-order valence-electron chi connectivity index (χ0n) is 16.6. The van der Waals surface area contributed by atoms with Gasteiger partial charge in [-0.3, -0.25) is 19.4 Å². The number of ether oxygens (including phenoxy) is 1. The maximum Gasteiger partial charge on any atom is 0.247 e. The summed E-state index contributed by atoms with van der Waals surface area (Å²) in [4.78, 5) is 28.1. The number of rotatable bonds is 6. The molecular weight excluding hydrogens is 382 g/mol. The Kier molecular flexibility index (Phi) is 6.18. The lowest BCUT2D eigenvalue weighted by atomic mass is 10.1. The van der Waals surface area contributed by atoms with Crippen molar-refractivity contribution in [3.05, 3.63) is 29.3 Å². The molecule has 1 aromatic carbocycles. The number of aryl methyl sites for hydroxylation is 2. The second-order valence-corrected chi connectivity index (χ2v) is 9.22. The molecule has 2 aliphatic heterocycles. The van der Waals surface area contributed by atoms with Crippen LogP contribution in [-0.4, -0.2) is 86.8 Å². The first kappa shape index (κ1) is 20.9. The molecule has 0 aliphatic carbocycles. The Morgan fingerprint density at radius 3 is 2.36 bits per heavy atom. The van der Waals surface area contributed by atoms with Crippen LogP contribution in [0.25, 0.3) is 0 Å². The number of benzene rings is 1. The number of hydrogen-bond donors (Lipinski definition) is 0. The Labute approximate surface area is 166 Å². The average molecular weight is 410 g/mol. The first-order chi connectivity index (χ1) is 13.3. The van der Waals surface area contributed by atoms with Gasteiger partial charge in [0.15, 0.2) is 0 Å². The minimum atomic E-state index is -3.57. The van der Waals surface area contributed by atoms with Crippen molar-refractivity contribution in [1.29, 1.82) is 0 Å². The number of imide groups is 1. The number of hydrogen-bond acceptors (Lipinski definition) is 6. The topological polar surface area (TPSA) is 87.2 Å². The number of nitrogens with zero attached hydrogens (tertiary/aromatic N) is 3. The fourth-order valence-corrected chi connectivity index (χ4v) is 5.16. The molecule has 154 valence electrons. The fraction of sp³-hybridized carbons (Fsp3) is 0.579. The number of methoxy groups -OCH3 is 1. The van der Waals surface area contributed by atoms with Crippen molar-refractivity contribution >= 4 is 21.8 Å². The number of likely N-dealkylation sites (tertiary alicyclic amines) is 1. The van der Waals surface area contributed by atoms with Crippen LogP contribution in [0, 0.1) is 13.8 Å². The molecule has 1 aromatic rings. The second-order valence-electron chi connectivity index (χ2n) is 7.28. The van der Waals surface area contributed by atoms with Crippen LogP contribution in [-0.2, 0) is 24.3 Å². The molecule has 0 bridgehead atoms. The molecule has 2 aliphatic rings. The van der Waals surface area contributed by atoms with Crippen LogP contribution >= 0.6 is 0 Å². The molecule has 2 heterocycles. The molecule has 2 saturated heterocycles. The van der Waals surface area contributed by atoms with Crippen LogP contribution in [0.4, 0.5) is 0 Å². The largest absolute Gasteiger partial charge is 0.383 e. The number of carbonyl (C=O) groups is 2. The van der Waals surface area contributed by atoms with Gasteiger partial charge in [0, 0.05) is 33.3 Å². The molecule has 0 aromatic heterocycles. The van der Waals surface area contributed by atoms with Crippen molar-refractivity contribution in [3.63, 3.8) is 0 Å². The monoisotopic (exact) mass is 409 g/mol. The third kappa shape index (κ3) is 3.98. The SMILES string of the molecule is COCCN1C(=O)C[C@@H](N2CCN(S(=O)(=O)c3ccc(C)c(C)c3)CC2)C1=O. The van der Waals surface area contributed by atoms with E-state index in [4.69, 9.17) is 4.74 Å². The highest BCUT2D eigenvalue weighted by molar-refractivity contribution is 7.89. The Morgan fingerprint density at radius 2 is 1.75 bits per heavy atom. The van der Waals surface area contributed by atoms with Crippen LogP contribution < -0.4 is 0 Å². The van der Waals surface area contributed by atoms with Crippen LogP contribution in [0.2, 0.25) is 0 Å². The van der Waals surface area contributed by atoms with Gasteiger partial charge in [-0.25, -0.2) is 8.42 Å². The van der Waals surface area contributed by atoms with Gasteiger partial charge >= 0.3 is 0 Å². The first-order valence-electron chi connectivity index (χ1n) is 9.40. The highest BCUT2D eigenvalue weighted by atomic mass is 32.2. The molecule has 3 rings (SSSR count). The molecule has 2 amide bonds. The van der Waals surface area contributed by atoms with Gasteiger partial charge in [0.1, 0.15) is 0 Å². The lowest BCUT2D eigenvalue weighted by Crippen LogP contribution is -2.53. The Hall–Kier alpha value is -1.81. The van der Waals surface area contributed by atoms with Crippen LogP contribution in [0.15, 0.2) is 23.1 Å². The third-order valence-electron chi connectivity index (χ3n) is 5.57. The highest BCUT2D eigenvalue weighted by Gasteiger charge is 2.43. The van der Waals surface area contributed by atoms with Crippen molar-refractivity contribution in [2.75, 3.05) is 46.4 Å². The van der Waals surface area contributed by atoms with Crippen LogP contribution in [0.5, 0.6) is 0 Å². The van der Waals surface area contributed by atoms with Gasteiger partial charge in [0.2, 0.25) is 21.8 Å². The summed E-state index contributed by atoms with van der Waals surface area (Å²) in [6.45, 7) is 5.84. The average Bonchev–Trinajstić information content (AvgIpc) is 2.96. The smallest absolute Gasteiger partial charge is 0.247 e. The van der Waals surface area contributed by atoms with Crippen molar-refractivity contribution in [2.24, 2.45) is 0 Å². The minimum absolute atomic E-state index is 0.145. The van der Waals surface area contributed by atoms with Crippen molar-refractivity contribution in [3.8, 4) is 0 Å². The second kappa shape index (κ2) is 8.28. The van der Waals surface area contributed by atoms with E-state index < -0.39 is 16.1 Å². The van der Waals surface area contributed by atoms with E-state index >= 15 is 0 Å². The summed E-state index contributed by atoms with van der Waals surface area (Å²) in [5.74, 6) is -0.412. The van der Waals surface area contributed by atoms with Gasteiger partial charge in [0.05, 0.1) is 30.5 Å². The van der Waals surface area contributed by atoms with E-state index in [0.29, 0.717) is 37.7 Å². The summed E-state index contributed by atoms with van der Waals surface area (Å²) < 4.78 is 32.3. The number of carbonyl (C=O) groups excluding carboxylic acids is 2. The summed E-state index contributed by atoms with van der Waals surface area (Å²) in [6, 6.07) is 4.65. The van der Waals surface area contributed by atoms with E-state index in [1.807, 2.05) is 24.8 Å². The standard InChI is InChI=1S/C19H27N3O5S/c1-14-4-5-16(12-15(14)2)28(25,26)21-8-6-20(7-9-21)17-13-18(23)22(19(17)24)10-11-27-3/h4-5,12,17H,6-11,13H2,1-3H3/t17-/m1/s1. The molecule has 9 heteroatoms. The van der Waals surface area contributed by atoms with E-state index in [1.165, 1.54) is 16.3 Å². The Morgan fingerprint density at radius 1 is 1.07 bits per heavy atom. The van der Waals surface area contributed by atoms with Crippen molar-refractivity contribution in [1.82, 2.24) is 14.1 Å². The normalized spacial score (nSPS) is 22.2. The maximum absolute atomic E-state index is 12.9. The Balaban J connectivity index is 1.65. The maximum atomic E-state index is 12.9. The summed E-state index contributed by atoms with van der Waals surface area (Å²) in [7, 11) is -2.04. The zero-order chi connectivity index (χ0) is 20.5. The molecule has 0 saturated carbocycles. The summed E-state index contributed by atoms with van der Waals surface area (Å²) in [6.07, 6.45) is 0.145. The Bertz CT molecular complexity index is 862. The van der Waals surface area contributed by atoms with Crippen LogP contribution in [0.1, 0.15) is 17.5 Å². The first-order valence-corrected chi connectivity index (χ1v) is 10.8. The highest BCUT2D eigenvalue weighted by Crippen LogP contribution is 2.24.